The molecular formula is C25H22F3N3O2. The van der Waals surface area contributed by atoms with Gasteiger partial charge in [0.2, 0.25) is 0 Å². The van der Waals surface area contributed by atoms with Crippen molar-refractivity contribution < 1.29 is 22.7 Å². The number of nitrogens with one attached hydrogen (secondary N) is 1. The van der Waals surface area contributed by atoms with Gasteiger partial charge in [-0.2, -0.15) is 13.2 Å². The summed E-state index contributed by atoms with van der Waals surface area (Å²) in [5, 5.41) is 1.76. The first-order valence-electron chi connectivity index (χ1n) is 10.7. The van der Waals surface area contributed by atoms with Crippen molar-refractivity contribution in [1.29, 1.82) is 0 Å². The van der Waals surface area contributed by atoms with Gasteiger partial charge in [-0.15, -0.1) is 0 Å². The summed E-state index contributed by atoms with van der Waals surface area (Å²) in [6.45, 7) is 2.45. The molecule has 0 bridgehead atoms. The Morgan fingerprint density at radius 2 is 1.45 bits per heavy atom. The number of amides is 1. The maximum absolute atomic E-state index is 13.0. The molecule has 1 amide bonds. The van der Waals surface area contributed by atoms with Gasteiger partial charge in [-0.05, 0) is 30.3 Å². The first kappa shape index (κ1) is 21.5. The van der Waals surface area contributed by atoms with Crippen LogP contribution in [0.4, 0.5) is 13.2 Å². The van der Waals surface area contributed by atoms with Crippen molar-refractivity contribution in [2.45, 2.75) is 12.2 Å². The molecule has 2 aliphatic rings. The van der Waals surface area contributed by atoms with E-state index in [0.29, 0.717) is 26.2 Å². The van der Waals surface area contributed by atoms with Crippen LogP contribution in [0.3, 0.4) is 0 Å². The Morgan fingerprint density at radius 1 is 0.848 bits per heavy atom. The van der Waals surface area contributed by atoms with Gasteiger partial charge in [-0.1, -0.05) is 42.5 Å². The van der Waals surface area contributed by atoms with Crippen molar-refractivity contribution in [2.75, 3.05) is 26.2 Å². The van der Waals surface area contributed by atoms with Crippen LogP contribution in [0.2, 0.25) is 0 Å². The molecule has 1 saturated heterocycles. The summed E-state index contributed by atoms with van der Waals surface area (Å²) in [5.41, 5.74) is 4.09. The number of carbonyl (C=O) groups excluding carboxylic acids is 1. The molecule has 5 rings (SSSR count). The lowest BCUT2D eigenvalue weighted by atomic mass is 9.93. The Morgan fingerprint density at radius 3 is 2.06 bits per heavy atom. The molecule has 3 aromatic rings. The fourth-order valence-electron chi connectivity index (χ4n) is 4.41. The molecule has 8 heteroatoms. The van der Waals surface area contributed by atoms with Gasteiger partial charge in [0.05, 0.1) is 11.6 Å². The van der Waals surface area contributed by atoms with E-state index in [0.717, 1.165) is 34.8 Å². The van der Waals surface area contributed by atoms with Crippen LogP contribution in [0.25, 0.3) is 0 Å². The molecule has 0 aromatic heterocycles. The Labute approximate surface area is 189 Å². The van der Waals surface area contributed by atoms with E-state index in [-0.39, 0.29) is 11.6 Å². The molecule has 3 aromatic carbocycles. The van der Waals surface area contributed by atoms with Gasteiger partial charge < -0.3 is 4.74 Å². The van der Waals surface area contributed by atoms with Crippen molar-refractivity contribution in [3.8, 4) is 11.5 Å². The molecule has 0 unspecified atom stereocenters. The van der Waals surface area contributed by atoms with Crippen molar-refractivity contribution in [1.82, 2.24) is 15.3 Å². The lowest BCUT2D eigenvalue weighted by Crippen LogP contribution is -2.54. The highest BCUT2D eigenvalue weighted by Crippen LogP contribution is 2.45. The third-order valence-electron chi connectivity index (χ3n) is 6.04. The average molecular weight is 453 g/mol. The maximum atomic E-state index is 13.0. The number of fused-ring (bicyclic) bond motifs is 2. The van der Waals surface area contributed by atoms with Gasteiger partial charge in [0.25, 0.3) is 5.91 Å². The number of halogens is 3. The van der Waals surface area contributed by atoms with E-state index < -0.39 is 17.6 Å². The molecule has 2 heterocycles. The number of hydrogen-bond donors (Lipinski definition) is 1. The van der Waals surface area contributed by atoms with Crippen LogP contribution < -0.4 is 10.2 Å². The Kier molecular flexibility index (Phi) is 5.55. The Balaban J connectivity index is 1.28. The molecular weight excluding hydrogens is 431 g/mol. The van der Waals surface area contributed by atoms with Crippen molar-refractivity contribution in [2.24, 2.45) is 0 Å². The largest absolute Gasteiger partial charge is 0.457 e. The summed E-state index contributed by atoms with van der Waals surface area (Å²) < 4.78 is 45.0. The fraction of sp³-hybridized carbons (Fsp3) is 0.240. The molecule has 170 valence electrons. The second kappa shape index (κ2) is 8.53. The standard InChI is InChI=1S/C25H22F3N3O2/c26-25(27,28)18-7-5-6-17(16-18)24(32)29-31-14-12-30(13-15-31)23-19-8-1-3-10-21(19)33-22-11-4-2-9-20(22)23/h1-11,16,23H,12-15H2,(H,29,32). The van der Waals surface area contributed by atoms with Crippen molar-refractivity contribution in [3.63, 3.8) is 0 Å². The molecule has 1 N–H and O–H groups in total. The number of hydrazine groups is 1. The van der Waals surface area contributed by atoms with E-state index in [9.17, 15) is 18.0 Å². The number of carbonyl (C=O) groups is 1. The predicted molar refractivity (Wildman–Crippen MR) is 117 cm³/mol. The lowest BCUT2D eigenvalue weighted by Gasteiger charge is -2.41. The monoisotopic (exact) mass is 453 g/mol. The highest BCUT2D eigenvalue weighted by atomic mass is 19.4. The van der Waals surface area contributed by atoms with Crippen LogP contribution in [0.5, 0.6) is 11.5 Å². The van der Waals surface area contributed by atoms with Gasteiger partial charge in [0.15, 0.2) is 0 Å². The van der Waals surface area contributed by atoms with Crippen LogP contribution in [-0.4, -0.2) is 42.0 Å². The lowest BCUT2D eigenvalue weighted by molar-refractivity contribution is -0.137. The van der Waals surface area contributed by atoms with Crippen LogP contribution in [0, 0.1) is 0 Å². The zero-order valence-electron chi connectivity index (χ0n) is 17.7. The molecule has 0 radical (unpaired) electrons. The van der Waals surface area contributed by atoms with E-state index in [4.69, 9.17) is 4.74 Å². The number of para-hydroxylation sites is 2. The van der Waals surface area contributed by atoms with Crippen LogP contribution in [-0.2, 0) is 6.18 Å². The molecule has 33 heavy (non-hydrogen) atoms. The normalized spacial score (nSPS) is 17.1. The molecule has 0 spiro atoms. The number of hydrogen-bond acceptors (Lipinski definition) is 4. The zero-order chi connectivity index (χ0) is 23.0. The van der Waals surface area contributed by atoms with Gasteiger partial charge in [0.1, 0.15) is 11.5 Å². The number of piperazine rings is 1. The van der Waals surface area contributed by atoms with E-state index >= 15 is 0 Å². The third-order valence-corrected chi connectivity index (χ3v) is 6.04. The molecule has 0 saturated carbocycles. The van der Waals surface area contributed by atoms with Crippen LogP contribution in [0.15, 0.2) is 72.8 Å². The summed E-state index contributed by atoms with van der Waals surface area (Å²) in [5.74, 6) is 1.12. The second-order valence-electron chi connectivity index (χ2n) is 8.12. The third kappa shape index (κ3) is 4.31. The minimum atomic E-state index is -4.49. The zero-order valence-corrected chi connectivity index (χ0v) is 17.7. The second-order valence-corrected chi connectivity index (χ2v) is 8.12. The smallest absolute Gasteiger partial charge is 0.416 e. The average Bonchev–Trinajstić information content (AvgIpc) is 2.82. The first-order chi connectivity index (χ1) is 15.9. The number of alkyl halides is 3. The number of benzene rings is 3. The predicted octanol–water partition coefficient (Wildman–Crippen LogP) is 4.86. The molecule has 5 nitrogen and oxygen atoms in total. The van der Waals surface area contributed by atoms with E-state index in [1.165, 1.54) is 12.1 Å². The van der Waals surface area contributed by atoms with Crippen molar-refractivity contribution >= 4 is 5.91 Å². The Bertz CT molecular complexity index is 1130. The quantitative estimate of drug-likeness (QED) is 0.615. The summed E-state index contributed by atoms with van der Waals surface area (Å²) in [4.78, 5) is 14.9. The Hall–Kier alpha value is -3.36. The highest BCUT2D eigenvalue weighted by molar-refractivity contribution is 5.94. The topological polar surface area (TPSA) is 44.8 Å². The minimum absolute atomic E-state index is 0.0143. The fourth-order valence-corrected chi connectivity index (χ4v) is 4.41. The van der Waals surface area contributed by atoms with Gasteiger partial charge in [-0.3, -0.25) is 15.1 Å². The first-order valence-corrected chi connectivity index (χ1v) is 10.7. The van der Waals surface area contributed by atoms with Gasteiger partial charge in [0, 0.05) is 42.9 Å². The SMILES string of the molecule is O=C(NN1CCN(C2c3ccccc3Oc3ccccc32)CC1)c1cccc(C(F)(F)F)c1. The molecule has 0 aliphatic carbocycles. The van der Waals surface area contributed by atoms with Gasteiger partial charge in [-0.25, -0.2) is 5.01 Å². The summed E-state index contributed by atoms with van der Waals surface area (Å²) >= 11 is 0. The summed E-state index contributed by atoms with van der Waals surface area (Å²) in [6.07, 6.45) is -4.49. The van der Waals surface area contributed by atoms with Crippen LogP contribution in [0.1, 0.15) is 33.1 Å². The number of ether oxygens (including phenoxy) is 1. The van der Waals surface area contributed by atoms with E-state index in [1.807, 2.05) is 36.4 Å². The van der Waals surface area contributed by atoms with Gasteiger partial charge >= 0.3 is 6.18 Å². The number of nitrogens with zero attached hydrogens (tertiary/aromatic N) is 2. The molecule has 0 atom stereocenters. The molecule has 2 aliphatic heterocycles. The highest BCUT2D eigenvalue weighted by Gasteiger charge is 2.34. The summed E-state index contributed by atoms with van der Waals surface area (Å²) in [6, 6.07) is 20.4. The van der Waals surface area contributed by atoms with Crippen LogP contribution >= 0.6 is 0 Å². The number of rotatable bonds is 3. The van der Waals surface area contributed by atoms with E-state index in [1.54, 1.807) is 5.01 Å². The maximum Gasteiger partial charge on any atom is 0.416 e. The summed E-state index contributed by atoms with van der Waals surface area (Å²) in [7, 11) is 0. The van der Waals surface area contributed by atoms with Crippen molar-refractivity contribution in [3.05, 3.63) is 95.1 Å². The minimum Gasteiger partial charge on any atom is -0.457 e. The molecule has 1 fully saturated rings. The van der Waals surface area contributed by atoms with E-state index in [2.05, 4.69) is 22.5 Å².